The monoisotopic (exact) mass is 353 g/mol. The van der Waals surface area contributed by atoms with Gasteiger partial charge in [0.2, 0.25) is 0 Å². The predicted molar refractivity (Wildman–Crippen MR) is 107 cm³/mol. The number of unbranched alkanes of at least 4 members (excludes halogenated alkanes) is 9. The van der Waals surface area contributed by atoms with Crippen molar-refractivity contribution in [2.24, 2.45) is 5.41 Å². The summed E-state index contributed by atoms with van der Waals surface area (Å²) >= 11 is 0. The van der Waals surface area contributed by atoms with Crippen molar-refractivity contribution in [2.75, 3.05) is 26.2 Å². The quantitative estimate of drug-likeness (QED) is 0.302. The molecule has 3 heteroatoms. The zero-order valence-corrected chi connectivity index (χ0v) is 17.3. The lowest BCUT2D eigenvalue weighted by Gasteiger charge is -2.26. The Hall–Kier alpha value is -0.570. The summed E-state index contributed by atoms with van der Waals surface area (Å²) in [6.45, 7) is 10.3. The van der Waals surface area contributed by atoms with Crippen molar-refractivity contribution in [3.8, 4) is 0 Å². The maximum Gasteiger partial charge on any atom is 0.311 e. The number of ether oxygens (including phenoxy) is 1. The molecule has 0 radical (unpaired) electrons. The molecule has 0 unspecified atom stereocenters. The van der Waals surface area contributed by atoms with Crippen LogP contribution in [0.3, 0.4) is 0 Å². The van der Waals surface area contributed by atoms with Crippen LogP contribution in [0.1, 0.15) is 104 Å². The lowest BCUT2D eigenvalue weighted by atomic mass is 9.97. The Morgan fingerprint density at radius 2 is 1.24 bits per heavy atom. The van der Waals surface area contributed by atoms with Gasteiger partial charge in [0.05, 0.1) is 12.0 Å². The predicted octanol–water partition coefficient (Wildman–Crippen LogP) is 5.96. The van der Waals surface area contributed by atoms with Crippen molar-refractivity contribution in [1.29, 1.82) is 0 Å². The SMILES string of the molecule is CC(C)(C)C(=O)OCCCCCCCCCCCCN1CCCCC1. The van der Waals surface area contributed by atoms with E-state index in [9.17, 15) is 4.79 Å². The molecule has 0 spiro atoms. The molecular weight excluding hydrogens is 310 g/mol. The molecule has 1 fully saturated rings. The second-order valence-corrected chi connectivity index (χ2v) is 8.82. The van der Waals surface area contributed by atoms with Gasteiger partial charge in [0.15, 0.2) is 0 Å². The molecule has 0 saturated carbocycles. The van der Waals surface area contributed by atoms with E-state index in [1.165, 1.54) is 96.7 Å². The Kier molecular flexibility index (Phi) is 12.2. The summed E-state index contributed by atoms with van der Waals surface area (Å²) in [6.07, 6.45) is 17.5. The number of carbonyl (C=O) groups excluding carboxylic acids is 1. The fourth-order valence-electron chi connectivity index (χ4n) is 3.42. The Morgan fingerprint density at radius 3 is 1.76 bits per heavy atom. The summed E-state index contributed by atoms with van der Waals surface area (Å²) in [5.41, 5.74) is -0.367. The van der Waals surface area contributed by atoms with Gasteiger partial charge in [0, 0.05) is 0 Å². The molecule has 0 amide bonds. The van der Waals surface area contributed by atoms with Crippen LogP contribution >= 0.6 is 0 Å². The summed E-state index contributed by atoms with van der Waals surface area (Å²) in [5.74, 6) is -0.0761. The van der Waals surface area contributed by atoms with Crippen LogP contribution in [0.25, 0.3) is 0 Å². The van der Waals surface area contributed by atoms with Crippen molar-refractivity contribution in [3.05, 3.63) is 0 Å². The Bertz CT molecular complexity index is 329. The van der Waals surface area contributed by atoms with E-state index in [1.54, 1.807) is 0 Å². The smallest absolute Gasteiger partial charge is 0.311 e. The highest BCUT2D eigenvalue weighted by atomic mass is 16.5. The normalized spacial score (nSPS) is 16.1. The molecule has 0 aromatic carbocycles. The zero-order valence-electron chi connectivity index (χ0n) is 17.3. The number of esters is 1. The van der Waals surface area contributed by atoms with Gasteiger partial charge in [-0.1, -0.05) is 57.8 Å². The van der Waals surface area contributed by atoms with Crippen molar-refractivity contribution >= 4 is 5.97 Å². The summed E-state index contributed by atoms with van der Waals surface area (Å²) in [4.78, 5) is 14.3. The van der Waals surface area contributed by atoms with Gasteiger partial charge in [-0.05, 0) is 66.1 Å². The van der Waals surface area contributed by atoms with E-state index >= 15 is 0 Å². The molecule has 0 aromatic rings. The summed E-state index contributed by atoms with van der Waals surface area (Å²) in [6, 6.07) is 0. The van der Waals surface area contributed by atoms with Gasteiger partial charge in [0.1, 0.15) is 0 Å². The van der Waals surface area contributed by atoms with Crippen molar-refractivity contribution in [3.63, 3.8) is 0 Å². The lowest BCUT2D eigenvalue weighted by molar-refractivity contribution is -0.153. The van der Waals surface area contributed by atoms with E-state index in [0.29, 0.717) is 6.61 Å². The van der Waals surface area contributed by atoms with E-state index in [1.807, 2.05) is 20.8 Å². The van der Waals surface area contributed by atoms with E-state index in [0.717, 1.165) is 6.42 Å². The molecule has 1 heterocycles. The van der Waals surface area contributed by atoms with Crippen LogP contribution in [-0.2, 0) is 9.53 Å². The number of piperidine rings is 1. The van der Waals surface area contributed by atoms with Crippen molar-refractivity contribution < 1.29 is 9.53 Å². The van der Waals surface area contributed by atoms with Crippen LogP contribution in [0.5, 0.6) is 0 Å². The van der Waals surface area contributed by atoms with Crippen LogP contribution in [0.4, 0.5) is 0 Å². The fraction of sp³-hybridized carbons (Fsp3) is 0.955. The first-order valence-corrected chi connectivity index (χ1v) is 10.9. The third-order valence-electron chi connectivity index (χ3n) is 5.16. The molecule has 1 rings (SSSR count). The molecule has 3 nitrogen and oxygen atoms in total. The summed E-state index contributed by atoms with van der Waals surface area (Å²) < 4.78 is 5.29. The molecule has 1 aliphatic heterocycles. The third kappa shape index (κ3) is 12.4. The summed E-state index contributed by atoms with van der Waals surface area (Å²) in [5, 5.41) is 0. The second kappa shape index (κ2) is 13.6. The standard InChI is InChI=1S/C22H43NO2/c1-22(2,3)21(24)25-20-16-11-9-7-5-4-6-8-10-13-17-23-18-14-12-15-19-23/h4-20H2,1-3H3. The lowest BCUT2D eigenvalue weighted by Crippen LogP contribution is -2.30. The second-order valence-electron chi connectivity index (χ2n) is 8.82. The molecule has 0 bridgehead atoms. The number of carbonyl (C=O) groups is 1. The van der Waals surface area contributed by atoms with E-state index in [4.69, 9.17) is 4.74 Å². The molecule has 0 atom stereocenters. The van der Waals surface area contributed by atoms with Crippen molar-refractivity contribution in [1.82, 2.24) is 4.90 Å². The van der Waals surface area contributed by atoms with Gasteiger partial charge in [0.25, 0.3) is 0 Å². The number of nitrogens with zero attached hydrogens (tertiary/aromatic N) is 1. The topological polar surface area (TPSA) is 29.5 Å². The van der Waals surface area contributed by atoms with Gasteiger partial charge in [-0.25, -0.2) is 0 Å². The largest absolute Gasteiger partial charge is 0.465 e. The molecule has 0 aromatic heterocycles. The van der Waals surface area contributed by atoms with Crippen LogP contribution in [0.15, 0.2) is 0 Å². The molecule has 148 valence electrons. The molecular formula is C22H43NO2. The van der Waals surface area contributed by atoms with E-state index in [-0.39, 0.29) is 11.4 Å². The fourth-order valence-corrected chi connectivity index (χ4v) is 3.42. The minimum absolute atomic E-state index is 0.0761. The van der Waals surface area contributed by atoms with E-state index in [2.05, 4.69) is 4.90 Å². The van der Waals surface area contributed by atoms with Crippen LogP contribution in [0.2, 0.25) is 0 Å². The molecule has 25 heavy (non-hydrogen) atoms. The van der Waals surface area contributed by atoms with Gasteiger partial charge >= 0.3 is 5.97 Å². The van der Waals surface area contributed by atoms with E-state index < -0.39 is 0 Å². The van der Waals surface area contributed by atoms with Crippen LogP contribution in [0, 0.1) is 5.41 Å². The number of hydrogen-bond acceptors (Lipinski definition) is 3. The van der Waals surface area contributed by atoms with Crippen LogP contribution < -0.4 is 0 Å². The highest BCUT2D eigenvalue weighted by Crippen LogP contribution is 2.16. The van der Waals surface area contributed by atoms with Crippen molar-refractivity contribution in [2.45, 2.75) is 104 Å². The first-order valence-electron chi connectivity index (χ1n) is 10.9. The minimum Gasteiger partial charge on any atom is -0.465 e. The van der Waals surface area contributed by atoms with Gasteiger partial charge in [-0.15, -0.1) is 0 Å². The Balaban J connectivity index is 1.75. The maximum absolute atomic E-state index is 11.6. The first kappa shape index (κ1) is 22.5. The first-order chi connectivity index (χ1) is 12.0. The summed E-state index contributed by atoms with van der Waals surface area (Å²) in [7, 11) is 0. The van der Waals surface area contributed by atoms with Crippen LogP contribution in [-0.4, -0.2) is 37.1 Å². The molecule has 0 aliphatic carbocycles. The minimum atomic E-state index is -0.367. The average molecular weight is 354 g/mol. The Labute approximate surface area is 156 Å². The molecule has 1 aliphatic rings. The van der Waals surface area contributed by atoms with Gasteiger partial charge < -0.3 is 9.64 Å². The average Bonchev–Trinajstić information content (AvgIpc) is 2.58. The van der Waals surface area contributed by atoms with Gasteiger partial charge in [-0.3, -0.25) is 4.79 Å². The number of rotatable bonds is 13. The molecule has 0 N–H and O–H groups in total. The number of hydrogen-bond donors (Lipinski definition) is 0. The third-order valence-corrected chi connectivity index (χ3v) is 5.16. The Morgan fingerprint density at radius 1 is 0.760 bits per heavy atom. The highest BCUT2D eigenvalue weighted by molar-refractivity contribution is 5.75. The van der Waals surface area contributed by atoms with Gasteiger partial charge in [-0.2, -0.15) is 0 Å². The number of likely N-dealkylation sites (tertiary alicyclic amines) is 1. The highest BCUT2D eigenvalue weighted by Gasteiger charge is 2.22. The molecule has 1 saturated heterocycles. The maximum atomic E-state index is 11.6. The zero-order chi connectivity index (χ0) is 18.4.